The van der Waals surface area contributed by atoms with E-state index in [1.807, 2.05) is 0 Å². The highest BCUT2D eigenvalue weighted by molar-refractivity contribution is 5.79. The minimum absolute atomic E-state index is 0.00341. The number of methoxy groups -OCH3 is 1. The molecule has 1 aromatic rings. The van der Waals surface area contributed by atoms with E-state index in [9.17, 15) is 4.79 Å². The third-order valence-electron chi connectivity index (χ3n) is 6.04. The van der Waals surface area contributed by atoms with E-state index in [4.69, 9.17) is 9.47 Å². The van der Waals surface area contributed by atoms with Crippen LogP contribution in [0.3, 0.4) is 0 Å². The molecule has 1 aromatic carbocycles. The van der Waals surface area contributed by atoms with Crippen LogP contribution in [-0.4, -0.2) is 19.2 Å². The molecule has 0 bridgehead atoms. The Balaban J connectivity index is 1.73. The number of esters is 1. The first-order valence-corrected chi connectivity index (χ1v) is 8.80. The van der Waals surface area contributed by atoms with Crippen molar-refractivity contribution in [3.8, 4) is 5.75 Å². The second-order valence-corrected chi connectivity index (χ2v) is 7.35. The Kier molecular flexibility index (Phi) is 3.56. The molecule has 0 fully saturated rings. The van der Waals surface area contributed by atoms with E-state index in [-0.39, 0.29) is 17.5 Å². The highest BCUT2D eigenvalue weighted by Crippen LogP contribution is 2.56. The molecule has 0 aliphatic heterocycles. The van der Waals surface area contributed by atoms with Crippen molar-refractivity contribution in [2.24, 2.45) is 5.41 Å². The quantitative estimate of drug-likeness (QED) is 0.754. The van der Waals surface area contributed by atoms with Gasteiger partial charge in [-0.15, -0.1) is 0 Å². The summed E-state index contributed by atoms with van der Waals surface area (Å²) in [7, 11) is 1.72. The van der Waals surface area contributed by atoms with Gasteiger partial charge < -0.3 is 9.47 Å². The fraction of sp³-hybridized carbons (Fsp3) is 0.476. The number of carbonyl (C=O) groups is 1. The van der Waals surface area contributed by atoms with Crippen molar-refractivity contribution in [3.05, 3.63) is 46.5 Å². The van der Waals surface area contributed by atoms with Crippen LogP contribution in [-0.2, 0) is 16.0 Å². The molecule has 0 unspecified atom stereocenters. The average molecular weight is 324 g/mol. The van der Waals surface area contributed by atoms with E-state index in [1.165, 1.54) is 34.8 Å². The SMILES string of the molecule is COc1ccc2c(c1)CCC1=C2CC[C@@]2(C)C1=CC[C@H]2OC(C)=O. The van der Waals surface area contributed by atoms with Gasteiger partial charge in [0, 0.05) is 18.8 Å². The van der Waals surface area contributed by atoms with Crippen molar-refractivity contribution in [1.82, 2.24) is 0 Å². The summed E-state index contributed by atoms with van der Waals surface area (Å²) in [5.41, 5.74) is 7.18. The van der Waals surface area contributed by atoms with E-state index in [0.717, 1.165) is 37.9 Å². The smallest absolute Gasteiger partial charge is 0.302 e. The lowest BCUT2D eigenvalue weighted by atomic mass is 9.65. The van der Waals surface area contributed by atoms with E-state index in [0.29, 0.717) is 0 Å². The first kappa shape index (κ1) is 15.5. The molecule has 3 nitrogen and oxygen atoms in total. The van der Waals surface area contributed by atoms with Crippen molar-refractivity contribution in [2.75, 3.05) is 7.11 Å². The number of rotatable bonds is 2. The molecule has 0 saturated carbocycles. The van der Waals surface area contributed by atoms with Gasteiger partial charge in [-0.3, -0.25) is 4.79 Å². The number of carbonyl (C=O) groups excluding carboxylic acids is 1. The van der Waals surface area contributed by atoms with Gasteiger partial charge in [0.1, 0.15) is 11.9 Å². The molecule has 4 rings (SSSR count). The lowest BCUT2D eigenvalue weighted by Gasteiger charge is -2.41. The fourth-order valence-corrected chi connectivity index (χ4v) is 4.77. The molecule has 0 aromatic heterocycles. The van der Waals surface area contributed by atoms with E-state index in [1.54, 1.807) is 7.11 Å². The van der Waals surface area contributed by atoms with Crippen molar-refractivity contribution in [3.63, 3.8) is 0 Å². The summed E-state index contributed by atoms with van der Waals surface area (Å²) < 4.78 is 11.0. The lowest BCUT2D eigenvalue weighted by Crippen LogP contribution is -2.36. The monoisotopic (exact) mass is 324 g/mol. The van der Waals surface area contributed by atoms with Crippen molar-refractivity contribution in [2.45, 2.75) is 52.1 Å². The Hall–Kier alpha value is -2.03. The first-order chi connectivity index (χ1) is 11.5. The predicted molar refractivity (Wildman–Crippen MR) is 93.8 cm³/mol. The van der Waals surface area contributed by atoms with Crippen LogP contribution in [0.15, 0.2) is 35.4 Å². The van der Waals surface area contributed by atoms with Crippen molar-refractivity contribution in [1.29, 1.82) is 0 Å². The third kappa shape index (κ3) is 2.21. The Morgan fingerprint density at radius 1 is 1.21 bits per heavy atom. The van der Waals surface area contributed by atoms with Crippen molar-refractivity contribution < 1.29 is 14.3 Å². The van der Waals surface area contributed by atoms with Gasteiger partial charge in [0.25, 0.3) is 0 Å². The second-order valence-electron chi connectivity index (χ2n) is 7.35. The molecule has 0 heterocycles. The molecule has 0 N–H and O–H groups in total. The number of aryl methyl sites for hydroxylation is 1. The molecule has 126 valence electrons. The summed E-state index contributed by atoms with van der Waals surface area (Å²) in [6, 6.07) is 6.45. The number of fused-ring (bicyclic) bond motifs is 4. The van der Waals surface area contributed by atoms with Crippen LogP contribution in [0, 0.1) is 5.41 Å². The molecule has 3 heteroatoms. The number of hydrogen-bond acceptors (Lipinski definition) is 3. The Morgan fingerprint density at radius 3 is 2.79 bits per heavy atom. The summed E-state index contributed by atoms with van der Waals surface area (Å²) in [4.78, 5) is 11.5. The minimum Gasteiger partial charge on any atom is -0.497 e. The van der Waals surface area contributed by atoms with E-state index >= 15 is 0 Å². The number of allylic oxidation sites excluding steroid dienone is 2. The predicted octanol–water partition coefficient (Wildman–Crippen LogP) is 4.46. The summed E-state index contributed by atoms with van der Waals surface area (Å²) in [6.07, 6.45) is 7.38. The van der Waals surface area contributed by atoms with Gasteiger partial charge in [0.2, 0.25) is 0 Å². The van der Waals surface area contributed by atoms with Crippen LogP contribution in [0.5, 0.6) is 5.75 Å². The highest BCUT2D eigenvalue weighted by Gasteiger charge is 2.47. The van der Waals surface area contributed by atoms with Gasteiger partial charge in [0.15, 0.2) is 0 Å². The van der Waals surface area contributed by atoms with Crippen LogP contribution >= 0.6 is 0 Å². The second kappa shape index (κ2) is 5.51. The van der Waals surface area contributed by atoms with Gasteiger partial charge in [-0.05, 0) is 65.7 Å². The zero-order chi connectivity index (χ0) is 16.9. The minimum atomic E-state index is -0.170. The molecule has 2 atom stereocenters. The van der Waals surface area contributed by atoms with Crippen LogP contribution in [0.1, 0.15) is 50.7 Å². The Bertz CT molecular complexity index is 771. The average Bonchev–Trinajstić information content (AvgIpc) is 2.90. The van der Waals surface area contributed by atoms with Gasteiger partial charge in [-0.25, -0.2) is 0 Å². The normalized spacial score (nSPS) is 27.8. The van der Waals surface area contributed by atoms with Crippen LogP contribution < -0.4 is 4.74 Å². The first-order valence-electron chi connectivity index (χ1n) is 8.80. The van der Waals surface area contributed by atoms with Gasteiger partial charge in [0.05, 0.1) is 7.11 Å². The molecule has 24 heavy (non-hydrogen) atoms. The third-order valence-corrected chi connectivity index (χ3v) is 6.04. The van der Waals surface area contributed by atoms with Crippen LogP contribution in [0.2, 0.25) is 0 Å². The number of ether oxygens (including phenoxy) is 2. The van der Waals surface area contributed by atoms with E-state index in [2.05, 4.69) is 31.2 Å². The van der Waals surface area contributed by atoms with Gasteiger partial charge in [-0.2, -0.15) is 0 Å². The molecule has 0 radical (unpaired) electrons. The lowest BCUT2D eigenvalue weighted by molar-refractivity contribution is -0.150. The maximum absolute atomic E-state index is 11.5. The summed E-state index contributed by atoms with van der Waals surface area (Å²) in [5, 5.41) is 0. The molecule has 3 aliphatic carbocycles. The topological polar surface area (TPSA) is 35.5 Å². The van der Waals surface area contributed by atoms with Crippen molar-refractivity contribution >= 4 is 11.5 Å². The Morgan fingerprint density at radius 2 is 2.04 bits per heavy atom. The van der Waals surface area contributed by atoms with E-state index < -0.39 is 0 Å². The largest absolute Gasteiger partial charge is 0.497 e. The molecular weight excluding hydrogens is 300 g/mol. The molecule has 0 amide bonds. The molecule has 0 spiro atoms. The Labute approximate surface area is 143 Å². The van der Waals surface area contributed by atoms with Crippen LogP contribution in [0.25, 0.3) is 5.57 Å². The standard InChI is InChI=1S/C21H24O3/c1-13(22)24-20-9-8-19-18-6-4-14-12-15(23-3)5-7-16(14)17(18)10-11-21(19,20)2/h5,7-8,12,20H,4,6,9-11H2,1-3H3/t20-,21+/m1/s1. The maximum atomic E-state index is 11.5. The molecule has 0 saturated heterocycles. The van der Waals surface area contributed by atoms with Crippen LogP contribution in [0.4, 0.5) is 0 Å². The maximum Gasteiger partial charge on any atom is 0.302 e. The zero-order valence-electron chi connectivity index (χ0n) is 14.6. The fourth-order valence-electron chi connectivity index (χ4n) is 4.77. The van der Waals surface area contributed by atoms with Gasteiger partial charge >= 0.3 is 5.97 Å². The molecule has 3 aliphatic rings. The molecular formula is C21H24O3. The summed E-state index contributed by atoms with van der Waals surface area (Å²) in [5.74, 6) is 0.769. The summed E-state index contributed by atoms with van der Waals surface area (Å²) in [6.45, 7) is 3.78. The summed E-state index contributed by atoms with van der Waals surface area (Å²) >= 11 is 0. The number of hydrogen-bond donors (Lipinski definition) is 0. The zero-order valence-corrected chi connectivity index (χ0v) is 14.6. The van der Waals surface area contributed by atoms with Gasteiger partial charge in [-0.1, -0.05) is 19.1 Å². The highest BCUT2D eigenvalue weighted by atomic mass is 16.5. The number of benzene rings is 1.